The first-order valence-electron chi connectivity index (χ1n) is 7.96. The first kappa shape index (κ1) is 15.8. The van der Waals surface area contributed by atoms with Crippen LogP contribution in [0.1, 0.15) is 29.3 Å². The molecule has 3 heterocycles. The lowest BCUT2D eigenvalue weighted by Crippen LogP contribution is -2.30. The number of anilines is 1. The number of furan rings is 1. The number of nitrogens with zero attached hydrogens (tertiary/aromatic N) is 2. The van der Waals surface area contributed by atoms with Gasteiger partial charge in [0.2, 0.25) is 0 Å². The van der Waals surface area contributed by atoms with Crippen LogP contribution < -0.4 is 10.2 Å². The number of para-hydroxylation sites is 1. The van der Waals surface area contributed by atoms with Gasteiger partial charge in [-0.2, -0.15) is 0 Å². The average Bonchev–Trinajstić information content (AvgIpc) is 3.19. The van der Waals surface area contributed by atoms with Crippen LogP contribution in [0.4, 0.5) is 10.1 Å². The van der Waals surface area contributed by atoms with Gasteiger partial charge in [0.25, 0.3) is 0 Å². The van der Waals surface area contributed by atoms with Gasteiger partial charge >= 0.3 is 0 Å². The Morgan fingerprint density at radius 3 is 2.60 bits per heavy atom. The monoisotopic (exact) mass is 353 g/mol. The summed E-state index contributed by atoms with van der Waals surface area (Å²) >= 11 is 5.52. The zero-order chi connectivity index (χ0) is 17.4. The third-order valence-corrected chi connectivity index (χ3v) is 4.58. The van der Waals surface area contributed by atoms with Crippen molar-refractivity contribution in [1.29, 1.82) is 0 Å². The van der Waals surface area contributed by atoms with E-state index in [0.717, 1.165) is 11.5 Å². The zero-order valence-corrected chi connectivity index (χ0v) is 14.3. The highest BCUT2D eigenvalue weighted by Gasteiger charge is 2.43. The Morgan fingerprint density at radius 2 is 1.92 bits per heavy atom. The number of halogens is 1. The maximum atomic E-state index is 14.5. The third-order valence-electron chi connectivity index (χ3n) is 4.26. The summed E-state index contributed by atoms with van der Waals surface area (Å²) in [4.78, 5) is 6.21. The second-order valence-corrected chi connectivity index (χ2v) is 6.28. The number of benzene rings is 1. The summed E-state index contributed by atoms with van der Waals surface area (Å²) < 4.78 is 20.3. The van der Waals surface area contributed by atoms with E-state index in [1.54, 1.807) is 29.3 Å². The number of hydrogen-bond donors (Lipinski definition) is 1. The molecule has 0 saturated carbocycles. The first-order valence-corrected chi connectivity index (χ1v) is 8.37. The third kappa shape index (κ3) is 2.78. The van der Waals surface area contributed by atoms with Gasteiger partial charge in [0.1, 0.15) is 23.4 Å². The summed E-state index contributed by atoms with van der Waals surface area (Å²) in [6.07, 6.45) is 1.73. The Bertz CT molecular complexity index is 912. The summed E-state index contributed by atoms with van der Waals surface area (Å²) in [5.41, 5.74) is 1.24. The molecule has 2 atom stereocenters. The standard InChI is InChI=1S/C19H16FN3OS/c1-12-9-10-16(24-12)18-17(14-7-4-5-11-21-14)22-19(25)23(18)15-8-3-2-6-13(15)20/h2-11,17-18H,1H3,(H,22,25)/t17-,18-/m0/s1. The normalized spacial score (nSPS) is 19.9. The Balaban J connectivity index is 1.85. The number of pyridine rings is 1. The number of rotatable bonds is 3. The zero-order valence-electron chi connectivity index (χ0n) is 13.5. The molecular weight excluding hydrogens is 337 g/mol. The van der Waals surface area contributed by atoms with Crippen molar-refractivity contribution < 1.29 is 8.81 Å². The van der Waals surface area contributed by atoms with Crippen molar-refractivity contribution in [2.24, 2.45) is 0 Å². The van der Waals surface area contributed by atoms with E-state index in [4.69, 9.17) is 16.6 Å². The molecule has 6 heteroatoms. The summed E-state index contributed by atoms with van der Waals surface area (Å²) in [6, 6.07) is 15.5. The van der Waals surface area contributed by atoms with Crippen molar-refractivity contribution in [3.05, 3.63) is 83.8 Å². The smallest absolute Gasteiger partial charge is 0.174 e. The largest absolute Gasteiger partial charge is 0.464 e. The fraction of sp³-hybridized carbons (Fsp3) is 0.158. The lowest BCUT2D eigenvalue weighted by atomic mass is 10.0. The molecule has 0 aliphatic carbocycles. The fourth-order valence-electron chi connectivity index (χ4n) is 3.16. The van der Waals surface area contributed by atoms with Crippen LogP contribution in [0, 0.1) is 12.7 Å². The number of nitrogens with one attached hydrogen (secondary N) is 1. The molecule has 126 valence electrons. The van der Waals surface area contributed by atoms with E-state index in [1.807, 2.05) is 37.3 Å². The number of aryl methyl sites for hydroxylation is 1. The molecule has 1 aliphatic rings. The van der Waals surface area contributed by atoms with Crippen LogP contribution in [0.15, 0.2) is 65.2 Å². The Hall–Kier alpha value is -2.73. The van der Waals surface area contributed by atoms with Crippen molar-refractivity contribution in [1.82, 2.24) is 10.3 Å². The van der Waals surface area contributed by atoms with Crippen LogP contribution in [0.2, 0.25) is 0 Å². The Labute approximate surface area is 150 Å². The summed E-state index contributed by atoms with van der Waals surface area (Å²) in [6.45, 7) is 1.88. The van der Waals surface area contributed by atoms with Gasteiger partial charge in [-0.3, -0.25) is 4.98 Å². The molecule has 2 aromatic heterocycles. The second kappa shape index (κ2) is 6.29. The highest BCUT2D eigenvalue weighted by Crippen LogP contribution is 2.42. The molecule has 4 nitrogen and oxygen atoms in total. The van der Waals surface area contributed by atoms with E-state index in [-0.39, 0.29) is 17.9 Å². The van der Waals surface area contributed by atoms with Gasteiger partial charge in [-0.15, -0.1) is 0 Å². The molecule has 0 unspecified atom stereocenters. The first-order chi connectivity index (χ1) is 12.1. The SMILES string of the molecule is Cc1ccc([C@H]2[C@H](c3ccccn3)NC(=S)N2c2ccccc2F)o1. The minimum atomic E-state index is -0.332. The van der Waals surface area contributed by atoms with Crippen LogP contribution in [0.5, 0.6) is 0 Å². The van der Waals surface area contributed by atoms with E-state index in [0.29, 0.717) is 16.6 Å². The minimum Gasteiger partial charge on any atom is -0.464 e. The molecule has 25 heavy (non-hydrogen) atoms. The van der Waals surface area contributed by atoms with E-state index in [9.17, 15) is 4.39 Å². The highest BCUT2D eigenvalue weighted by molar-refractivity contribution is 7.80. The fourth-order valence-corrected chi connectivity index (χ4v) is 3.50. The Morgan fingerprint density at radius 1 is 1.12 bits per heavy atom. The average molecular weight is 353 g/mol. The van der Waals surface area contributed by atoms with Crippen LogP contribution >= 0.6 is 12.2 Å². The molecule has 1 aliphatic heterocycles. The predicted octanol–water partition coefficient (Wildman–Crippen LogP) is 4.30. The maximum absolute atomic E-state index is 14.5. The van der Waals surface area contributed by atoms with E-state index in [1.165, 1.54) is 6.07 Å². The molecule has 1 fully saturated rings. The van der Waals surface area contributed by atoms with Gasteiger partial charge in [-0.1, -0.05) is 18.2 Å². The minimum absolute atomic E-state index is 0.237. The number of thiocarbonyl (C=S) groups is 1. The van der Waals surface area contributed by atoms with Gasteiger partial charge in [-0.05, 0) is 55.5 Å². The molecule has 1 saturated heterocycles. The van der Waals surface area contributed by atoms with E-state index < -0.39 is 0 Å². The molecule has 0 bridgehead atoms. The van der Waals surface area contributed by atoms with Crippen LogP contribution in [-0.4, -0.2) is 10.1 Å². The van der Waals surface area contributed by atoms with Gasteiger partial charge in [0, 0.05) is 6.20 Å². The lowest BCUT2D eigenvalue weighted by molar-refractivity contribution is 0.416. The molecule has 4 rings (SSSR count). The quantitative estimate of drug-likeness (QED) is 0.711. The summed E-state index contributed by atoms with van der Waals surface area (Å²) in [5, 5.41) is 3.72. The Kier molecular flexibility index (Phi) is 3.97. The summed E-state index contributed by atoms with van der Waals surface area (Å²) in [5.74, 6) is 1.17. The molecule has 1 aromatic carbocycles. The van der Waals surface area contributed by atoms with Crippen molar-refractivity contribution in [3.63, 3.8) is 0 Å². The maximum Gasteiger partial charge on any atom is 0.174 e. The second-order valence-electron chi connectivity index (χ2n) is 5.90. The molecule has 3 aromatic rings. The molecule has 0 spiro atoms. The van der Waals surface area contributed by atoms with Crippen molar-refractivity contribution >= 4 is 23.0 Å². The summed E-state index contributed by atoms with van der Waals surface area (Å²) in [7, 11) is 0. The van der Waals surface area contributed by atoms with Gasteiger partial charge < -0.3 is 14.6 Å². The highest BCUT2D eigenvalue weighted by atomic mass is 32.1. The number of aromatic nitrogens is 1. The topological polar surface area (TPSA) is 41.3 Å². The van der Waals surface area contributed by atoms with Crippen molar-refractivity contribution in [3.8, 4) is 0 Å². The predicted molar refractivity (Wildman–Crippen MR) is 97.8 cm³/mol. The van der Waals surface area contributed by atoms with E-state index >= 15 is 0 Å². The van der Waals surface area contributed by atoms with Gasteiger partial charge in [0.05, 0.1) is 17.4 Å². The molecule has 1 N–H and O–H groups in total. The van der Waals surface area contributed by atoms with E-state index in [2.05, 4.69) is 10.3 Å². The van der Waals surface area contributed by atoms with Crippen LogP contribution in [-0.2, 0) is 0 Å². The van der Waals surface area contributed by atoms with Gasteiger partial charge in [-0.25, -0.2) is 4.39 Å². The van der Waals surface area contributed by atoms with Gasteiger partial charge in [0.15, 0.2) is 5.11 Å². The van der Waals surface area contributed by atoms with Crippen LogP contribution in [0.3, 0.4) is 0 Å². The molecular formula is C19H16FN3OS. The lowest BCUT2D eigenvalue weighted by Gasteiger charge is -2.26. The number of hydrogen-bond acceptors (Lipinski definition) is 3. The molecule has 0 amide bonds. The van der Waals surface area contributed by atoms with Crippen LogP contribution in [0.25, 0.3) is 0 Å². The molecule has 0 radical (unpaired) electrons. The van der Waals surface area contributed by atoms with Crippen molar-refractivity contribution in [2.75, 3.05) is 4.90 Å². The van der Waals surface area contributed by atoms with Crippen molar-refractivity contribution in [2.45, 2.75) is 19.0 Å².